The molecule has 1 aliphatic carbocycles. The van der Waals surface area contributed by atoms with Crippen LogP contribution in [0.2, 0.25) is 0 Å². The summed E-state index contributed by atoms with van der Waals surface area (Å²) >= 11 is 0. The predicted molar refractivity (Wildman–Crippen MR) is 143 cm³/mol. The fraction of sp³-hybridized carbons (Fsp3) is 0.400. The molecule has 0 spiro atoms. The second-order valence-electron chi connectivity index (χ2n) is 10.0. The molecule has 1 aliphatic rings. The summed E-state index contributed by atoms with van der Waals surface area (Å²) in [6.07, 6.45) is 4.67. The van der Waals surface area contributed by atoms with Crippen LogP contribution in [0.15, 0.2) is 50.9 Å². The van der Waals surface area contributed by atoms with E-state index in [4.69, 9.17) is 12.9 Å². The number of aryl methyl sites for hydroxylation is 6. The summed E-state index contributed by atoms with van der Waals surface area (Å²) in [5.74, 6) is 0.369. The second kappa shape index (κ2) is 9.29. The van der Waals surface area contributed by atoms with E-state index in [1.54, 1.807) is 0 Å². The monoisotopic (exact) mass is 474 g/mol. The van der Waals surface area contributed by atoms with Crippen molar-refractivity contribution in [3.05, 3.63) is 81.4 Å². The largest absolute Gasteiger partial charge is 0.399 e. The molecule has 3 nitrogen and oxygen atoms in total. The summed E-state index contributed by atoms with van der Waals surface area (Å²) in [7, 11) is -1.59. The highest BCUT2D eigenvalue weighted by atomic mass is 31.1. The maximum atomic E-state index is 6.76. The molecule has 0 bridgehead atoms. The third kappa shape index (κ3) is 4.10. The second-order valence-corrected chi connectivity index (χ2v) is 11.1. The zero-order valence-corrected chi connectivity index (χ0v) is 22.1. The molecule has 0 saturated heterocycles. The van der Waals surface area contributed by atoms with Crippen LogP contribution in [0.3, 0.4) is 0 Å². The molecule has 5 rings (SSSR count). The molecule has 0 radical (unpaired) electrons. The normalized spacial score (nSPS) is 18.5. The third-order valence-electron chi connectivity index (χ3n) is 7.70. The van der Waals surface area contributed by atoms with Gasteiger partial charge in [-0.25, -0.2) is 0 Å². The number of fused-ring (bicyclic) bond motifs is 3. The van der Waals surface area contributed by atoms with Gasteiger partial charge in [0.2, 0.25) is 0 Å². The lowest BCUT2D eigenvalue weighted by Crippen LogP contribution is -2.27. The van der Waals surface area contributed by atoms with Gasteiger partial charge < -0.3 is 8.39 Å². The average molecular weight is 475 g/mol. The van der Waals surface area contributed by atoms with Gasteiger partial charge in [-0.2, -0.15) is 0 Å². The van der Waals surface area contributed by atoms with Gasteiger partial charge in [0, 0.05) is 16.7 Å². The molecule has 3 aromatic carbocycles. The van der Waals surface area contributed by atoms with E-state index < -0.39 is 8.24 Å². The molecule has 34 heavy (non-hydrogen) atoms. The minimum Gasteiger partial charge on any atom is -0.399 e. The van der Waals surface area contributed by atoms with E-state index in [0.29, 0.717) is 5.92 Å². The molecule has 1 fully saturated rings. The topological polar surface area (TPSA) is 35.5 Å². The van der Waals surface area contributed by atoms with E-state index in [1.165, 1.54) is 40.7 Å². The molecule has 2 atom stereocenters. The zero-order chi connectivity index (χ0) is 24.0. The van der Waals surface area contributed by atoms with Crippen LogP contribution in [0.1, 0.15) is 70.5 Å². The van der Waals surface area contributed by atoms with Crippen molar-refractivity contribution in [2.24, 2.45) is 0 Å². The average Bonchev–Trinajstić information content (AvgIpc) is 3.00. The molecule has 4 heteroatoms. The Balaban J connectivity index is 1.75. The Bertz CT molecular complexity index is 1330. The summed E-state index contributed by atoms with van der Waals surface area (Å²) in [4.78, 5) is 0. The zero-order valence-electron chi connectivity index (χ0n) is 21.2. The third-order valence-corrected chi connectivity index (χ3v) is 8.81. The quantitative estimate of drug-likeness (QED) is 0.297. The van der Waals surface area contributed by atoms with E-state index in [0.717, 1.165) is 45.9 Å². The van der Waals surface area contributed by atoms with Crippen molar-refractivity contribution in [2.75, 3.05) is 0 Å². The fourth-order valence-electron chi connectivity index (χ4n) is 5.59. The Labute approximate surface area is 203 Å². The highest BCUT2D eigenvalue weighted by Gasteiger charge is 2.29. The summed E-state index contributed by atoms with van der Waals surface area (Å²) in [6, 6.07) is 15.2. The lowest BCUT2D eigenvalue weighted by atomic mass is 9.82. The van der Waals surface area contributed by atoms with Crippen LogP contribution in [0.5, 0.6) is 0 Å². The summed E-state index contributed by atoms with van der Waals surface area (Å²) in [6.45, 7) is 13.0. The van der Waals surface area contributed by atoms with Crippen LogP contribution >= 0.6 is 8.24 Å². The Morgan fingerprint density at radius 3 is 1.79 bits per heavy atom. The van der Waals surface area contributed by atoms with Crippen LogP contribution in [-0.4, -0.2) is 6.10 Å². The van der Waals surface area contributed by atoms with Gasteiger partial charge in [0.15, 0.2) is 0 Å². The maximum Gasteiger partial charge on any atom is 0.387 e. The van der Waals surface area contributed by atoms with Crippen molar-refractivity contribution >= 4 is 30.2 Å². The van der Waals surface area contributed by atoms with Gasteiger partial charge in [-0.1, -0.05) is 55.3 Å². The Morgan fingerprint density at radius 2 is 1.24 bits per heavy atom. The van der Waals surface area contributed by atoms with Gasteiger partial charge in [-0.15, -0.1) is 0 Å². The lowest BCUT2D eigenvalue weighted by molar-refractivity contribution is 0.172. The number of benzene rings is 3. The predicted octanol–water partition coefficient (Wildman–Crippen LogP) is 9.30. The van der Waals surface area contributed by atoms with Gasteiger partial charge in [0.25, 0.3) is 0 Å². The van der Waals surface area contributed by atoms with Crippen molar-refractivity contribution < 1.29 is 12.9 Å². The van der Waals surface area contributed by atoms with E-state index in [-0.39, 0.29) is 6.10 Å². The molecule has 0 N–H and O–H groups in total. The van der Waals surface area contributed by atoms with Crippen molar-refractivity contribution in [1.82, 2.24) is 0 Å². The molecule has 178 valence electrons. The minimum atomic E-state index is -1.59. The highest BCUT2D eigenvalue weighted by Crippen LogP contribution is 2.43. The first-order valence-electron chi connectivity index (χ1n) is 12.4. The van der Waals surface area contributed by atoms with Gasteiger partial charge in [-0.05, 0) is 93.3 Å². The number of hydrogen-bond acceptors (Lipinski definition) is 3. The smallest absolute Gasteiger partial charge is 0.387 e. The van der Waals surface area contributed by atoms with Gasteiger partial charge in [0.1, 0.15) is 11.2 Å². The van der Waals surface area contributed by atoms with E-state index >= 15 is 0 Å². The molecule has 0 aliphatic heterocycles. The summed E-state index contributed by atoms with van der Waals surface area (Å²) in [5, 5.41) is 2.32. The van der Waals surface area contributed by atoms with Gasteiger partial charge in [-0.3, -0.25) is 4.52 Å². The molecule has 1 heterocycles. The number of hydrogen-bond donors (Lipinski definition) is 0. The van der Waals surface area contributed by atoms with Crippen LogP contribution in [0, 0.1) is 41.5 Å². The van der Waals surface area contributed by atoms with Crippen LogP contribution < -0.4 is 4.52 Å². The minimum absolute atomic E-state index is 0.0889. The van der Waals surface area contributed by atoms with Crippen molar-refractivity contribution in [3.63, 3.8) is 0 Å². The Morgan fingerprint density at radius 1 is 0.706 bits per heavy atom. The molecule has 4 aromatic rings. The van der Waals surface area contributed by atoms with Crippen LogP contribution in [0.4, 0.5) is 0 Å². The molecule has 0 amide bonds. The molecular weight excluding hydrogens is 439 g/mol. The van der Waals surface area contributed by atoms with Gasteiger partial charge >= 0.3 is 8.24 Å². The standard InChI is InChI=1S/C30H35O3P/c1-18-16-20(3)29-27(22(18)5)28-23(6)19(2)17-21(4)30(28)33-34(32-29)31-26-15-11-10-14-25(26)24-12-8-7-9-13-24/h7-9,12-13,16-17,25-26H,10-11,14-15H2,1-6H3/t25-,26+/m0/s1. The Hall–Kier alpha value is -2.48. The molecule has 1 aromatic heterocycles. The maximum absolute atomic E-state index is 6.76. The van der Waals surface area contributed by atoms with E-state index in [1.807, 2.05) is 0 Å². The highest BCUT2D eigenvalue weighted by molar-refractivity contribution is 7.31. The van der Waals surface area contributed by atoms with Crippen molar-refractivity contribution in [1.29, 1.82) is 0 Å². The Kier molecular flexibility index (Phi) is 6.35. The number of rotatable bonds is 3. The van der Waals surface area contributed by atoms with E-state index in [9.17, 15) is 0 Å². The molecular formula is C30H35O3P. The SMILES string of the molecule is Cc1cc(C)c2op(O[C@@H]3CCCC[C@H]3c3ccccc3)oc3c(C)cc(C)c(C)c3c2c1C. The summed E-state index contributed by atoms with van der Waals surface area (Å²) in [5.41, 5.74) is 10.5. The van der Waals surface area contributed by atoms with Crippen molar-refractivity contribution in [3.8, 4) is 0 Å². The van der Waals surface area contributed by atoms with Crippen LogP contribution in [-0.2, 0) is 0 Å². The molecule has 1 saturated carbocycles. The van der Waals surface area contributed by atoms with Crippen molar-refractivity contribution in [2.45, 2.75) is 79.2 Å². The molecule has 0 unspecified atom stereocenters. The van der Waals surface area contributed by atoms with Gasteiger partial charge in [0.05, 0.1) is 6.10 Å². The van der Waals surface area contributed by atoms with E-state index in [2.05, 4.69) is 84.0 Å². The first-order valence-corrected chi connectivity index (χ1v) is 13.5. The summed E-state index contributed by atoms with van der Waals surface area (Å²) < 4.78 is 20.1. The lowest BCUT2D eigenvalue weighted by Gasteiger charge is -2.30. The van der Waals surface area contributed by atoms with Crippen LogP contribution in [0.25, 0.3) is 21.9 Å². The fourth-order valence-corrected chi connectivity index (χ4v) is 6.96. The first-order chi connectivity index (χ1) is 16.3. The first kappa shape index (κ1) is 23.3.